The SMILES string of the molecule is Nc1nn(Cc2ccsc2)cc1Cl. The number of thiophene rings is 1. The van der Waals surface area contributed by atoms with Crippen LogP contribution < -0.4 is 5.73 Å². The number of aromatic nitrogens is 2. The van der Waals surface area contributed by atoms with E-state index in [4.69, 9.17) is 17.3 Å². The number of nitrogens with two attached hydrogens (primary N) is 1. The highest BCUT2D eigenvalue weighted by Gasteiger charge is 2.02. The first kappa shape index (κ1) is 8.59. The van der Waals surface area contributed by atoms with Gasteiger partial charge in [-0.3, -0.25) is 4.68 Å². The first-order valence-corrected chi connectivity index (χ1v) is 5.07. The summed E-state index contributed by atoms with van der Waals surface area (Å²) in [7, 11) is 0. The molecule has 2 aromatic rings. The summed E-state index contributed by atoms with van der Waals surface area (Å²) in [6.45, 7) is 0.723. The van der Waals surface area contributed by atoms with Crippen molar-refractivity contribution < 1.29 is 0 Å². The van der Waals surface area contributed by atoms with Crippen molar-refractivity contribution in [2.45, 2.75) is 6.54 Å². The summed E-state index contributed by atoms with van der Waals surface area (Å²) in [6.07, 6.45) is 1.73. The van der Waals surface area contributed by atoms with E-state index in [1.807, 2.05) is 5.38 Å². The van der Waals surface area contributed by atoms with Crippen LogP contribution >= 0.6 is 22.9 Å². The molecule has 0 saturated carbocycles. The van der Waals surface area contributed by atoms with Gasteiger partial charge in [-0.2, -0.15) is 16.4 Å². The monoisotopic (exact) mass is 213 g/mol. The molecule has 0 saturated heterocycles. The molecule has 68 valence electrons. The molecular formula is C8H8ClN3S. The molecule has 0 aliphatic heterocycles. The number of anilines is 1. The zero-order valence-corrected chi connectivity index (χ0v) is 8.35. The standard InChI is InChI=1S/C8H8ClN3S/c9-7-4-12(11-8(7)10)3-6-1-2-13-5-6/h1-2,4-5H,3H2,(H2,10,11). The van der Waals surface area contributed by atoms with Gasteiger partial charge < -0.3 is 5.73 Å². The van der Waals surface area contributed by atoms with Crippen molar-refractivity contribution >= 4 is 28.8 Å². The van der Waals surface area contributed by atoms with Crippen LogP contribution in [0.1, 0.15) is 5.56 Å². The van der Waals surface area contributed by atoms with E-state index in [1.165, 1.54) is 5.56 Å². The van der Waals surface area contributed by atoms with Crippen LogP contribution in [-0.4, -0.2) is 9.78 Å². The molecule has 0 amide bonds. The quantitative estimate of drug-likeness (QED) is 0.832. The maximum atomic E-state index is 5.76. The number of nitrogen functional groups attached to an aromatic ring is 1. The highest BCUT2D eigenvalue weighted by molar-refractivity contribution is 7.07. The molecule has 2 heterocycles. The summed E-state index contributed by atoms with van der Waals surface area (Å²) < 4.78 is 1.74. The lowest BCUT2D eigenvalue weighted by atomic mass is 10.3. The van der Waals surface area contributed by atoms with Crippen molar-refractivity contribution in [2.75, 3.05) is 5.73 Å². The fourth-order valence-electron chi connectivity index (χ4n) is 1.06. The minimum absolute atomic E-state index is 0.386. The second-order valence-electron chi connectivity index (χ2n) is 2.69. The molecule has 0 atom stereocenters. The number of halogens is 1. The van der Waals surface area contributed by atoms with Gasteiger partial charge in [0.05, 0.1) is 6.54 Å². The van der Waals surface area contributed by atoms with Gasteiger partial charge in [0.2, 0.25) is 0 Å². The Morgan fingerprint density at radius 1 is 1.62 bits per heavy atom. The molecule has 2 aromatic heterocycles. The highest BCUT2D eigenvalue weighted by atomic mass is 35.5. The predicted molar refractivity (Wildman–Crippen MR) is 55.1 cm³/mol. The Bertz CT molecular complexity index is 374. The molecule has 2 N–H and O–H groups in total. The number of hydrogen-bond acceptors (Lipinski definition) is 3. The fourth-order valence-corrected chi connectivity index (χ4v) is 1.87. The van der Waals surface area contributed by atoms with Gasteiger partial charge in [0.25, 0.3) is 0 Å². The largest absolute Gasteiger partial charge is 0.381 e. The van der Waals surface area contributed by atoms with Crippen molar-refractivity contribution in [3.63, 3.8) is 0 Å². The van der Waals surface area contributed by atoms with E-state index in [-0.39, 0.29) is 0 Å². The topological polar surface area (TPSA) is 43.8 Å². The van der Waals surface area contributed by atoms with Crippen molar-refractivity contribution in [3.05, 3.63) is 33.6 Å². The fraction of sp³-hybridized carbons (Fsp3) is 0.125. The van der Waals surface area contributed by atoms with E-state index >= 15 is 0 Å². The van der Waals surface area contributed by atoms with Crippen LogP contribution in [0.2, 0.25) is 5.02 Å². The van der Waals surface area contributed by atoms with Gasteiger partial charge in [-0.05, 0) is 22.4 Å². The van der Waals surface area contributed by atoms with Gasteiger partial charge in [-0.1, -0.05) is 11.6 Å². The molecule has 0 unspecified atom stereocenters. The van der Waals surface area contributed by atoms with E-state index in [9.17, 15) is 0 Å². The average Bonchev–Trinajstić information content (AvgIpc) is 2.64. The minimum atomic E-state index is 0.386. The number of hydrogen-bond donors (Lipinski definition) is 1. The maximum Gasteiger partial charge on any atom is 0.164 e. The van der Waals surface area contributed by atoms with E-state index in [1.54, 1.807) is 22.2 Å². The summed E-state index contributed by atoms with van der Waals surface area (Å²) in [5.74, 6) is 0.386. The lowest BCUT2D eigenvalue weighted by Crippen LogP contribution is -1.99. The highest BCUT2D eigenvalue weighted by Crippen LogP contribution is 2.16. The number of nitrogens with zero attached hydrogens (tertiary/aromatic N) is 2. The Hall–Kier alpha value is -1.00. The Labute approximate surface area is 84.7 Å². The molecule has 0 aliphatic carbocycles. The van der Waals surface area contributed by atoms with Crippen molar-refractivity contribution in [3.8, 4) is 0 Å². The molecule has 3 nitrogen and oxygen atoms in total. The van der Waals surface area contributed by atoms with Crippen LogP contribution in [-0.2, 0) is 6.54 Å². The van der Waals surface area contributed by atoms with E-state index in [0.29, 0.717) is 10.8 Å². The van der Waals surface area contributed by atoms with Gasteiger partial charge in [0, 0.05) is 6.20 Å². The molecule has 2 rings (SSSR count). The van der Waals surface area contributed by atoms with Crippen LogP contribution in [0.5, 0.6) is 0 Å². The predicted octanol–water partition coefficient (Wildman–Crippen LogP) is 2.23. The molecule has 0 spiro atoms. The van der Waals surface area contributed by atoms with Crippen LogP contribution in [0.4, 0.5) is 5.82 Å². The third-order valence-corrected chi connectivity index (χ3v) is 2.69. The van der Waals surface area contributed by atoms with Crippen molar-refractivity contribution in [1.29, 1.82) is 0 Å². The summed E-state index contributed by atoms with van der Waals surface area (Å²) >= 11 is 7.43. The third-order valence-electron chi connectivity index (χ3n) is 1.67. The van der Waals surface area contributed by atoms with Crippen LogP contribution in [0.15, 0.2) is 23.0 Å². The van der Waals surface area contributed by atoms with Crippen LogP contribution in [0, 0.1) is 0 Å². The molecule has 0 radical (unpaired) electrons. The lowest BCUT2D eigenvalue weighted by molar-refractivity contribution is 0.692. The normalized spacial score (nSPS) is 10.5. The van der Waals surface area contributed by atoms with E-state index in [2.05, 4.69) is 16.5 Å². The first-order valence-electron chi connectivity index (χ1n) is 3.75. The van der Waals surface area contributed by atoms with Gasteiger partial charge in [0.15, 0.2) is 5.82 Å². The summed E-state index contributed by atoms with van der Waals surface area (Å²) in [4.78, 5) is 0. The Kier molecular flexibility index (Phi) is 2.24. The van der Waals surface area contributed by atoms with E-state index in [0.717, 1.165) is 6.54 Å². The Morgan fingerprint density at radius 3 is 3.00 bits per heavy atom. The van der Waals surface area contributed by atoms with E-state index < -0.39 is 0 Å². The zero-order valence-electron chi connectivity index (χ0n) is 6.77. The molecular weight excluding hydrogens is 206 g/mol. The number of rotatable bonds is 2. The van der Waals surface area contributed by atoms with Gasteiger partial charge >= 0.3 is 0 Å². The van der Waals surface area contributed by atoms with Gasteiger partial charge in [-0.15, -0.1) is 0 Å². The van der Waals surface area contributed by atoms with Crippen LogP contribution in [0.3, 0.4) is 0 Å². The zero-order chi connectivity index (χ0) is 9.26. The summed E-state index contributed by atoms with van der Waals surface area (Å²) in [5.41, 5.74) is 6.72. The van der Waals surface area contributed by atoms with Gasteiger partial charge in [-0.25, -0.2) is 0 Å². The smallest absolute Gasteiger partial charge is 0.164 e. The molecule has 0 fully saturated rings. The molecule has 0 bridgehead atoms. The maximum absolute atomic E-state index is 5.76. The second kappa shape index (κ2) is 3.40. The first-order chi connectivity index (χ1) is 6.25. The minimum Gasteiger partial charge on any atom is -0.381 e. The lowest BCUT2D eigenvalue weighted by Gasteiger charge is -1.96. The Morgan fingerprint density at radius 2 is 2.46 bits per heavy atom. The Balaban J connectivity index is 2.19. The summed E-state index contributed by atoms with van der Waals surface area (Å²) in [5, 5.41) is 8.67. The molecule has 5 heteroatoms. The molecule has 13 heavy (non-hydrogen) atoms. The van der Waals surface area contributed by atoms with Crippen LogP contribution in [0.25, 0.3) is 0 Å². The van der Waals surface area contributed by atoms with Crippen molar-refractivity contribution in [1.82, 2.24) is 9.78 Å². The third kappa shape index (κ3) is 1.84. The molecule has 0 aliphatic rings. The van der Waals surface area contributed by atoms with Gasteiger partial charge in [0.1, 0.15) is 5.02 Å². The summed E-state index contributed by atoms with van der Waals surface area (Å²) in [6, 6.07) is 2.05. The second-order valence-corrected chi connectivity index (χ2v) is 3.88. The average molecular weight is 214 g/mol. The van der Waals surface area contributed by atoms with Crippen molar-refractivity contribution in [2.24, 2.45) is 0 Å². The molecule has 0 aromatic carbocycles.